The molecular formula is C21H22N2O2S. The van der Waals surface area contributed by atoms with Crippen LogP contribution in [0.15, 0.2) is 57.7 Å². The zero-order valence-corrected chi connectivity index (χ0v) is 16.2. The maximum absolute atomic E-state index is 11.6. The molecule has 1 heterocycles. The number of hydrogen-bond acceptors (Lipinski definition) is 3. The molecule has 0 atom stereocenters. The Bertz CT molecular complexity index is 1030. The van der Waals surface area contributed by atoms with E-state index in [9.17, 15) is 4.79 Å². The predicted octanol–water partition coefficient (Wildman–Crippen LogP) is 5.21. The average molecular weight is 366 g/mol. The van der Waals surface area contributed by atoms with Gasteiger partial charge in [-0.2, -0.15) is 0 Å². The first-order valence-electron chi connectivity index (χ1n) is 8.46. The highest BCUT2D eigenvalue weighted by Crippen LogP contribution is 2.29. The van der Waals surface area contributed by atoms with Crippen LogP contribution in [-0.2, 0) is 5.41 Å². The monoisotopic (exact) mass is 366 g/mol. The van der Waals surface area contributed by atoms with Crippen molar-refractivity contribution >= 4 is 39.7 Å². The van der Waals surface area contributed by atoms with E-state index >= 15 is 0 Å². The number of hydrogen-bond donors (Lipinski definition) is 2. The molecule has 0 saturated heterocycles. The number of nitrogens with one attached hydrogen (secondary N) is 2. The minimum atomic E-state index is -0.355. The van der Waals surface area contributed by atoms with Crippen LogP contribution < -0.4 is 16.3 Å². The number of para-hydroxylation sites is 1. The summed E-state index contributed by atoms with van der Waals surface area (Å²) in [5, 5.41) is 7.81. The molecule has 0 saturated carbocycles. The molecule has 134 valence electrons. The van der Waals surface area contributed by atoms with Crippen LogP contribution in [0.2, 0.25) is 0 Å². The first-order chi connectivity index (χ1) is 12.2. The third-order valence-corrected chi connectivity index (χ3v) is 4.40. The first-order valence-corrected chi connectivity index (χ1v) is 8.87. The van der Waals surface area contributed by atoms with Crippen LogP contribution >= 0.6 is 12.2 Å². The summed E-state index contributed by atoms with van der Waals surface area (Å²) in [6.07, 6.45) is 0. The second-order valence-electron chi connectivity index (χ2n) is 7.33. The number of fused-ring (bicyclic) bond motifs is 1. The van der Waals surface area contributed by atoms with E-state index in [1.807, 2.05) is 37.3 Å². The fourth-order valence-corrected chi connectivity index (χ4v) is 3.16. The third-order valence-electron chi connectivity index (χ3n) is 4.19. The summed E-state index contributed by atoms with van der Waals surface area (Å²) < 4.78 is 5.29. The first kappa shape index (κ1) is 18.1. The summed E-state index contributed by atoms with van der Waals surface area (Å²) in [6.45, 7) is 8.38. The fourth-order valence-electron chi connectivity index (χ4n) is 2.93. The van der Waals surface area contributed by atoms with Crippen molar-refractivity contribution in [1.29, 1.82) is 0 Å². The van der Waals surface area contributed by atoms with Gasteiger partial charge >= 0.3 is 5.63 Å². The van der Waals surface area contributed by atoms with Crippen molar-refractivity contribution in [3.05, 3.63) is 70.1 Å². The summed E-state index contributed by atoms with van der Waals surface area (Å²) in [5.41, 5.74) is 4.00. The molecule has 0 amide bonds. The standard InChI is InChI=1S/C21H22N2O2S/c1-13-11-19(24)25-18-12-14(9-10-15(13)18)22-20(26)23-17-8-6-5-7-16(17)21(2,3)4/h5-12H,1-4H3,(H2,22,23,26). The second kappa shape index (κ2) is 6.92. The lowest BCUT2D eigenvalue weighted by Gasteiger charge is -2.23. The molecule has 2 N–H and O–H groups in total. The van der Waals surface area contributed by atoms with Crippen molar-refractivity contribution in [2.45, 2.75) is 33.1 Å². The maximum Gasteiger partial charge on any atom is 0.336 e. The molecule has 3 rings (SSSR count). The van der Waals surface area contributed by atoms with Gasteiger partial charge in [-0.25, -0.2) is 4.79 Å². The molecule has 0 spiro atoms. The van der Waals surface area contributed by atoms with Gasteiger partial charge in [0.1, 0.15) is 5.58 Å². The van der Waals surface area contributed by atoms with E-state index in [-0.39, 0.29) is 11.0 Å². The Kier molecular flexibility index (Phi) is 4.83. The molecule has 4 nitrogen and oxygen atoms in total. The highest BCUT2D eigenvalue weighted by molar-refractivity contribution is 7.80. The van der Waals surface area contributed by atoms with Crippen LogP contribution in [0.1, 0.15) is 31.9 Å². The Labute approximate surface area is 158 Å². The molecule has 0 aliphatic rings. The highest BCUT2D eigenvalue weighted by atomic mass is 32.1. The number of aryl methyl sites for hydroxylation is 1. The highest BCUT2D eigenvalue weighted by Gasteiger charge is 2.17. The van der Waals surface area contributed by atoms with E-state index in [2.05, 4.69) is 37.5 Å². The minimum Gasteiger partial charge on any atom is -0.423 e. The van der Waals surface area contributed by atoms with E-state index in [0.29, 0.717) is 10.7 Å². The van der Waals surface area contributed by atoms with Crippen LogP contribution in [0.5, 0.6) is 0 Å². The number of anilines is 2. The number of rotatable bonds is 2. The zero-order valence-electron chi connectivity index (χ0n) is 15.3. The molecule has 26 heavy (non-hydrogen) atoms. The van der Waals surface area contributed by atoms with E-state index in [1.54, 1.807) is 6.07 Å². The van der Waals surface area contributed by atoms with Gasteiger partial charge in [0.2, 0.25) is 0 Å². The Balaban J connectivity index is 1.83. The summed E-state index contributed by atoms with van der Waals surface area (Å²) in [7, 11) is 0. The lowest BCUT2D eigenvalue weighted by molar-refractivity contribution is 0.560. The zero-order chi connectivity index (χ0) is 18.9. The Hall–Kier alpha value is -2.66. The molecular weight excluding hydrogens is 344 g/mol. The van der Waals surface area contributed by atoms with E-state index in [4.69, 9.17) is 16.6 Å². The van der Waals surface area contributed by atoms with Gasteiger partial charge in [-0.1, -0.05) is 39.0 Å². The number of benzene rings is 2. The van der Waals surface area contributed by atoms with Gasteiger partial charge in [-0.05, 0) is 53.9 Å². The minimum absolute atomic E-state index is 0.00307. The van der Waals surface area contributed by atoms with E-state index in [0.717, 1.165) is 22.3 Å². The molecule has 3 aromatic rings. The van der Waals surface area contributed by atoms with Crippen LogP contribution in [0.4, 0.5) is 11.4 Å². The summed E-state index contributed by atoms with van der Waals surface area (Å²) in [5.74, 6) is 0. The van der Waals surface area contributed by atoms with Crippen molar-refractivity contribution in [2.75, 3.05) is 10.6 Å². The van der Waals surface area contributed by atoms with Crippen molar-refractivity contribution in [3.63, 3.8) is 0 Å². The Morgan fingerprint density at radius 1 is 1.04 bits per heavy atom. The molecule has 0 fully saturated rings. The Morgan fingerprint density at radius 3 is 2.50 bits per heavy atom. The van der Waals surface area contributed by atoms with Crippen molar-refractivity contribution < 1.29 is 4.42 Å². The molecule has 0 aliphatic heterocycles. The summed E-state index contributed by atoms with van der Waals surface area (Å²) >= 11 is 5.46. The Morgan fingerprint density at radius 2 is 1.77 bits per heavy atom. The van der Waals surface area contributed by atoms with Gasteiger partial charge in [0.15, 0.2) is 5.11 Å². The van der Waals surface area contributed by atoms with Crippen LogP contribution in [0.25, 0.3) is 11.0 Å². The fraction of sp³-hybridized carbons (Fsp3) is 0.238. The molecule has 0 bridgehead atoms. The lowest BCUT2D eigenvalue weighted by atomic mass is 9.86. The summed E-state index contributed by atoms with van der Waals surface area (Å²) in [4.78, 5) is 11.6. The molecule has 0 aliphatic carbocycles. The SMILES string of the molecule is Cc1cc(=O)oc2cc(NC(=S)Nc3ccccc3C(C)(C)C)ccc12. The van der Waals surface area contributed by atoms with Gasteiger partial charge < -0.3 is 15.1 Å². The topological polar surface area (TPSA) is 54.3 Å². The van der Waals surface area contributed by atoms with Crippen LogP contribution in [-0.4, -0.2) is 5.11 Å². The van der Waals surface area contributed by atoms with Gasteiger partial charge in [-0.3, -0.25) is 0 Å². The van der Waals surface area contributed by atoms with E-state index in [1.165, 1.54) is 11.6 Å². The van der Waals surface area contributed by atoms with Gasteiger partial charge in [-0.15, -0.1) is 0 Å². The molecule has 5 heteroatoms. The lowest BCUT2D eigenvalue weighted by Crippen LogP contribution is -2.22. The quantitative estimate of drug-likeness (QED) is 0.482. The normalized spacial score (nSPS) is 11.4. The molecule has 0 radical (unpaired) electrons. The smallest absolute Gasteiger partial charge is 0.336 e. The largest absolute Gasteiger partial charge is 0.423 e. The van der Waals surface area contributed by atoms with Crippen molar-refractivity contribution in [1.82, 2.24) is 0 Å². The third kappa shape index (κ3) is 3.94. The van der Waals surface area contributed by atoms with E-state index < -0.39 is 0 Å². The van der Waals surface area contributed by atoms with Gasteiger partial charge in [0.25, 0.3) is 0 Å². The predicted molar refractivity (Wildman–Crippen MR) is 112 cm³/mol. The van der Waals surface area contributed by atoms with Crippen LogP contribution in [0, 0.1) is 6.92 Å². The second-order valence-corrected chi connectivity index (χ2v) is 7.74. The molecule has 0 unspecified atom stereocenters. The summed E-state index contributed by atoms with van der Waals surface area (Å²) in [6, 6.07) is 15.2. The van der Waals surface area contributed by atoms with Crippen molar-refractivity contribution in [3.8, 4) is 0 Å². The van der Waals surface area contributed by atoms with Gasteiger partial charge in [0.05, 0.1) is 0 Å². The van der Waals surface area contributed by atoms with Gasteiger partial charge in [0, 0.05) is 28.9 Å². The average Bonchev–Trinajstić information content (AvgIpc) is 2.53. The molecule has 2 aromatic carbocycles. The van der Waals surface area contributed by atoms with Crippen LogP contribution in [0.3, 0.4) is 0 Å². The van der Waals surface area contributed by atoms with Crippen molar-refractivity contribution in [2.24, 2.45) is 0 Å². The number of thiocarbonyl (C=S) groups is 1. The maximum atomic E-state index is 11.6. The molecule has 1 aromatic heterocycles.